The van der Waals surface area contributed by atoms with Crippen LogP contribution in [0.1, 0.15) is 16.7 Å². The second kappa shape index (κ2) is 6.15. The van der Waals surface area contributed by atoms with Crippen molar-refractivity contribution in [2.45, 2.75) is 13.5 Å². The Kier molecular flexibility index (Phi) is 3.88. The van der Waals surface area contributed by atoms with Crippen molar-refractivity contribution in [3.05, 3.63) is 77.9 Å². The average molecular weight is 289 g/mol. The van der Waals surface area contributed by atoms with Gasteiger partial charge in [-0.15, -0.1) is 0 Å². The lowest BCUT2D eigenvalue weighted by atomic mass is 10.1. The SMILES string of the molecule is Cc1cccc(Oc2cc(Cn3ccnc3)ccc2C#N)c1. The van der Waals surface area contributed by atoms with E-state index >= 15 is 0 Å². The molecule has 0 N–H and O–H groups in total. The molecule has 2 aromatic carbocycles. The van der Waals surface area contributed by atoms with Crippen molar-refractivity contribution in [1.29, 1.82) is 5.26 Å². The Bertz CT molecular complexity index is 817. The topological polar surface area (TPSA) is 50.8 Å². The van der Waals surface area contributed by atoms with E-state index in [1.165, 1.54) is 0 Å². The molecule has 0 spiro atoms. The average Bonchev–Trinajstić information content (AvgIpc) is 3.01. The molecule has 0 aliphatic rings. The maximum Gasteiger partial charge on any atom is 0.145 e. The van der Waals surface area contributed by atoms with Gasteiger partial charge in [0.1, 0.15) is 17.6 Å². The van der Waals surface area contributed by atoms with Gasteiger partial charge in [0.2, 0.25) is 0 Å². The predicted octanol–water partition coefficient (Wildman–Crippen LogP) is 3.90. The second-order valence-corrected chi connectivity index (χ2v) is 5.10. The van der Waals surface area contributed by atoms with Crippen molar-refractivity contribution in [2.24, 2.45) is 0 Å². The Hall–Kier alpha value is -3.06. The molecular weight excluding hydrogens is 274 g/mol. The maximum absolute atomic E-state index is 9.25. The number of hydrogen-bond donors (Lipinski definition) is 0. The van der Waals surface area contributed by atoms with Gasteiger partial charge in [0, 0.05) is 18.9 Å². The van der Waals surface area contributed by atoms with E-state index in [4.69, 9.17) is 4.74 Å². The van der Waals surface area contributed by atoms with Gasteiger partial charge in [-0.2, -0.15) is 5.26 Å². The van der Waals surface area contributed by atoms with E-state index in [1.54, 1.807) is 18.6 Å². The van der Waals surface area contributed by atoms with E-state index in [0.29, 0.717) is 17.9 Å². The zero-order valence-electron chi connectivity index (χ0n) is 12.2. The Morgan fingerprint density at radius 1 is 1.23 bits per heavy atom. The summed E-state index contributed by atoms with van der Waals surface area (Å²) in [6, 6.07) is 15.6. The largest absolute Gasteiger partial charge is 0.456 e. The number of aryl methyl sites for hydroxylation is 1. The zero-order valence-corrected chi connectivity index (χ0v) is 12.2. The summed E-state index contributed by atoms with van der Waals surface area (Å²) in [7, 11) is 0. The van der Waals surface area contributed by atoms with Crippen LogP contribution in [0.4, 0.5) is 0 Å². The van der Waals surface area contributed by atoms with Gasteiger partial charge in [-0.1, -0.05) is 18.2 Å². The van der Waals surface area contributed by atoms with E-state index in [0.717, 1.165) is 16.9 Å². The Morgan fingerprint density at radius 2 is 2.14 bits per heavy atom. The van der Waals surface area contributed by atoms with Crippen LogP contribution in [-0.2, 0) is 6.54 Å². The van der Waals surface area contributed by atoms with Gasteiger partial charge in [0.05, 0.1) is 11.9 Å². The molecule has 0 saturated heterocycles. The molecule has 0 amide bonds. The first-order valence-corrected chi connectivity index (χ1v) is 6.98. The molecule has 0 radical (unpaired) electrons. The fraction of sp³-hybridized carbons (Fsp3) is 0.111. The molecule has 0 atom stereocenters. The van der Waals surface area contributed by atoms with Crippen LogP contribution in [0, 0.1) is 18.3 Å². The van der Waals surface area contributed by atoms with Crippen molar-refractivity contribution in [3.8, 4) is 17.6 Å². The third kappa shape index (κ3) is 3.15. The van der Waals surface area contributed by atoms with E-state index < -0.39 is 0 Å². The van der Waals surface area contributed by atoms with Crippen molar-refractivity contribution in [2.75, 3.05) is 0 Å². The van der Waals surface area contributed by atoms with Crippen molar-refractivity contribution in [3.63, 3.8) is 0 Å². The molecule has 4 nitrogen and oxygen atoms in total. The molecule has 3 rings (SSSR count). The summed E-state index contributed by atoms with van der Waals surface area (Å²) in [6.45, 7) is 2.70. The lowest BCUT2D eigenvalue weighted by Gasteiger charge is -2.10. The summed E-state index contributed by atoms with van der Waals surface area (Å²) in [5, 5.41) is 9.25. The van der Waals surface area contributed by atoms with Crippen molar-refractivity contribution in [1.82, 2.24) is 9.55 Å². The van der Waals surface area contributed by atoms with Gasteiger partial charge < -0.3 is 9.30 Å². The highest BCUT2D eigenvalue weighted by molar-refractivity contribution is 5.47. The number of imidazole rings is 1. The van der Waals surface area contributed by atoms with E-state index in [-0.39, 0.29) is 0 Å². The first kappa shape index (κ1) is 13.9. The summed E-state index contributed by atoms with van der Waals surface area (Å²) < 4.78 is 7.86. The van der Waals surface area contributed by atoms with Crippen LogP contribution in [0.15, 0.2) is 61.2 Å². The summed E-state index contributed by atoms with van der Waals surface area (Å²) in [5.41, 5.74) is 2.70. The van der Waals surface area contributed by atoms with Crippen LogP contribution in [-0.4, -0.2) is 9.55 Å². The summed E-state index contributed by atoms with van der Waals surface area (Å²) >= 11 is 0. The summed E-state index contributed by atoms with van der Waals surface area (Å²) in [5.74, 6) is 1.31. The van der Waals surface area contributed by atoms with Crippen molar-refractivity contribution >= 4 is 0 Å². The first-order valence-electron chi connectivity index (χ1n) is 6.98. The number of aromatic nitrogens is 2. The zero-order chi connectivity index (χ0) is 15.4. The molecule has 0 aliphatic heterocycles. The molecular formula is C18H15N3O. The van der Waals surface area contributed by atoms with Crippen LogP contribution in [0.5, 0.6) is 11.5 Å². The normalized spacial score (nSPS) is 10.2. The number of benzene rings is 2. The fourth-order valence-corrected chi connectivity index (χ4v) is 2.24. The molecule has 0 unspecified atom stereocenters. The molecule has 0 fully saturated rings. The molecule has 108 valence electrons. The maximum atomic E-state index is 9.25. The van der Waals surface area contributed by atoms with Crippen LogP contribution in [0.2, 0.25) is 0 Å². The Labute approximate surface area is 129 Å². The van der Waals surface area contributed by atoms with Gasteiger partial charge >= 0.3 is 0 Å². The summed E-state index contributed by atoms with van der Waals surface area (Å²) in [6.07, 6.45) is 5.41. The summed E-state index contributed by atoms with van der Waals surface area (Å²) in [4.78, 5) is 4.03. The molecule has 22 heavy (non-hydrogen) atoms. The number of nitrogens with zero attached hydrogens (tertiary/aromatic N) is 3. The first-order chi connectivity index (χ1) is 10.7. The third-order valence-electron chi connectivity index (χ3n) is 3.31. The van der Waals surface area contributed by atoms with E-state index in [2.05, 4.69) is 11.1 Å². The van der Waals surface area contributed by atoms with Gasteiger partial charge in [0.15, 0.2) is 0 Å². The van der Waals surface area contributed by atoms with Crippen molar-refractivity contribution < 1.29 is 4.74 Å². The van der Waals surface area contributed by atoms with Gasteiger partial charge in [-0.05, 0) is 42.3 Å². The number of nitriles is 1. The minimum absolute atomic E-state index is 0.524. The molecule has 3 aromatic rings. The number of hydrogen-bond acceptors (Lipinski definition) is 3. The number of rotatable bonds is 4. The van der Waals surface area contributed by atoms with Crippen LogP contribution in [0.3, 0.4) is 0 Å². The lowest BCUT2D eigenvalue weighted by Crippen LogP contribution is -1.98. The van der Waals surface area contributed by atoms with Crippen LogP contribution in [0.25, 0.3) is 0 Å². The monoisotopic (exact) mass is 289 g/mol. The minimum Gasteiger partial charge on any atom is -0.456 e. The number of ether oxygens (including phenoxy) is 1. The molecule has 0 bridgehead atoms. The van der Waals surface area contributed by atoms with E-state index in [9.17, 15) is 5.26 Å². The molecule has 0 saturated carbocycles. The smallest absolute Gasteiger partial charge is 0.145 e. The predicted molar refractivity (Wildman–Crippen MR) is 83.7 cm³/mol. The van der Waals surface area contributed by atoms with Gasteiger partial charge in [0.25, 0.3) is 0 Å². The van der Waals surface area contributed by atoms with E-state index in [1.807, 2.05) is 54.1 Å². The molecule has 1 heterocycles. The third-order valence-corrected chi connectivity index (χ3v) is 3.31. The highest BCUT2D eigenvalue weighted by Crippen LogP contribution is 2.27. The van der Waals surface area contributed by atoms with Gasteiger partial charge in [-0.3, -0.25) is 0 Å². The highest BCUT2D eigenvalue weighted by Gasteiger charge is 2.07. The second-order valence-electron chi connectivity index (χ2n) is 5.10. The molecule has 0 aliphatic carbocycles. The quantitative estimate of drug-likeness (QED) is 0.731. The standard InChI is InChI=1S/C18H15N3O/c1-14-3-2-4-17(9-14)22-18-10-15(5-6-16(18)11-19)12-21-8-7-20-13-21/h2-10,13H,12H2,1H3. The Balaban J connectivity index is 1.89. The van der Waals surface area contributed by atoms with Gasteiger partial charge in [-0.25, -0.2) is 4.98 Å². The lowest BCUT2D eigenvalue weighted by molar-refractivity contribution is 0.479. The minimum atomic E-state index is 0.524. The highest BCUT2D eigenvalue weighted by atomic mass is 16.5. The fourth-order valence-electron chi connectivity index (χ4n) is 2.24. The Morgan fingerprint density at radius 3 is 2.86 bits per heavy atom. The van der Waals surface area contributed by atoms with Crippen LogP contribution < -0.4 is 4.74 Å². The van der Waals surface area contributed by atoms with Crippen LogP contribution >= 0.6 is 0 Å². The molecule has 1 aromatic heterocycles. The molecule has 4 heteroatoms.